The van der Waals surface area contributed by atoms with Gasteiger partial charge < -0.3 is 10.2 Å². The molecule has 2 heterocycles. The van der Waals surface area contributed by atoms with E-state index >= 15 is 0 Å². The average molecular weight is 336 g/mol. The van der Waals surface area contributed by atoms with Gasteiger partial charge in [-0.15, -0.1) is 0 Å². The van der Waals surface area contributed by atoms with Crippen LogP contribution >= 0.6 is 15.9 Å². The molecule has 2 aliphatic heterocycles. The van der Waals surface area contributed by atoms with Crippen LogP contribution in [0, 0.1) is 5.92 Å². The van der Waals surface area contributed by atoms with Gasteiger partial charge in [-0.3, -0.25) is 4.99 Å². The van der Waals surface area contributed by atoms with E-state index in [9.17, 15) is 0 Å². The lowest BCUT2D eigenvalue weighted by Gasteiger charge is -2.36. The summed E-state index contributed by atoms with van der Waals surface area (Å²) >= 11 is 3.63. The Bertz CT molecular complexity index is 514. The lowest BCUT2D eigenvalue weighted by atomic mass is 9.95. The van der Waals surface area contributed by atoms with E-state index in [4.69, 9.17) is 4.99 Å². The summed E-state index contributed by atoms with van der Waals surface area (Å²) in [7, 11) is 0. The Morgan fingerprint density at radius 3 is 2.95 bits per heavy atom. The molecule has 3 rings (SSSR count). The Kier molecular flexibility index (Phi) is 4.01. The molecular formula is C16H22BrN3. The number of nitrogens with one attached hydrogen (secondary N) is 1. The molecule has 0 spiro atoms. The van der Waals surface area contributed by atoms with Crippen LogP contribution in [-0.4, -0.2) is 30.0 Å². The molecule has 0 bridgehead atoms. The van der Waals surface area contributed by atoms with E-state index in [0.29, 0.717) is 6.04 Å². The number of aliphatic imine (C=N–C) groups is 1. The minimum Gasteiger partial charge on any atom is -0.350 e. The predicted molar refractivity (Wildman–Crippen MR) is 86.9 cm³/mol. The number of benzene rings is 1. The maximum atomic E-state index is 4.73. The number of hydrogen-bond acceptors (Lipinski definition) is 3. The van der Waals surface area contributed by atoms with E-state index in [0.717, 1.165) is 29.4 Å². The van der Waals surface area contributed by atoms with Crippen molar-refractivity contribution in [1.82, 2.24) is 10.2 Å². The van der Waals surface area contributed by atoms with Crippen molar-refractivity contribution in [3.05, 3.63) is 34.3 Å². The molecule has 3 unspecified atom stereocenters. The van der Waals surface area contributed by atoms with Crippen LogP contribution in [0.15, 0.2) is 33.7 Å². The van der Waals surface area contributed by atoms with Crippen molar-refractivity contribution in [2.75, 3.05) is 13.1 Å². The van der Waals surface area contributed by atoms with E-state index in [-0.39, 0.29) is 6.04 Å². The maximum Gasteiger partial charge on any atom is 0.194 e. The van der Waals surface area contributed by atoms with Gasteiger partial charge in [-0.1, -0.05) is 41.1 Å². The highest BCUT2D eigenvalue weighted by Gasteiger charge is 2.33. The van der Waals surface area contributed by atoms with Crippen molar-refractivity contribution in [2.45, 2.75) is 38.8 Å². The number of fused-ring (bicyclic) bond motifs is 1. The summed E-state index contributed by atoms with van der Waals surface area (Å²) in [6.45, 7) is 6.63. The molecule has 1 fully saturated rings. The van der Waals surface area contributed by atoms with Crippen LogP contribution in [0.2, 0.25) is 0 Å². The molecule has 0 amide bonds. The van der Waals surface area contributed by atoms with Crippen molar-refractivity contribution in [2.24, 2.45) is 10.9 Å². The van der Waals surface area contributed by atoms with E-state index in [1.54, 1.807) is 0 Å². The molecule has 0 aliphatic carbocycles. The number of nitrogens with zero attached hydrogens (tertiary/aromatic N) is 2. The lowest BCUT2D eigenvalue weighted by molar-refractivity contribution is 0.210. The summed E-state index contributed by atoms with van der Waals surface area (Å²) < 4.78 is 1.15. The third kappa shape index (κ3) is 2.71. The first kappa shape index (κ1) is 13.9. The van der Waals surface area contributed by atoms with E-state index in [1.807, 2.05) is 0 Å². The number of rotatable bonds is 2. The molecule has 1 aromatic carbocycles. The first-order valence-electron chi connectivity index (χ1n) is 7.47. The molecule has 4 heteroatoms. The van der Waals surface area contributed by atoms with E-state index in [2.05, 4.69) is 64.3 Å². The topological polar surface area (TPSA) is 27.6 Å². The summed E-state index contributed by atoms with van der Waals surface area (Å²) in [6, 6.07) is 9.28. The smallest absolute Gasteiger partial charge is 0.194 e. The zero-order valence-corrected chi connectivity index (χ0v) is 13.7. The highest BCUT2D eigenvalue weighted by Crippen LogP contribution is 2.27. The Morgan fingerprint density at radius 1 is 1.35 bits per heavy atom. The van der Waals surface area contributed by atoms with Gasteiger partial charge in [0.15, 0.2) is 5.96 Å². The van der Waals surface area contributed by atoms with Crippen molar-refractivity contribution < 1.29 is 0 Å². The molecule has 3 atom stereocenters. The Balaban J connectivity index is 1.70. The second kappa shape index (κ2) is 5.76. The lowest BCUT2D eigenvalue weighted by Crippen LogP contribution is -2.48. The van der Waals surface area contributed by atoms with Crippen LogP contribution in [0.1, 0.15) is 38.3 Å². The predicted octanol–water partition coefficient (Wildman–Crippen LogP) is 3.57. The second-order valence-electron chi connectivity index (χ2n) is 6.04. The number of piperidine rings is 1. The summed E-state index contributed by atoms with van der Waals surface area (Å²) in [5, 5.41) is 3.60. The zero-order valence-electron chi connectivity index (χ0n) is 12.1. The summed E-state index contributed by atoms with van der Waals surface area (Å²) in [4.78, 5) is 7.20. The van der Waals surface area contributed by atoms with Gasteiger partial charge in [0.2, 0.25) is 0 Å². The molecule has 3 nitrogen and oxygen atoms in total. The zero-order chi connectivity index (χ0) is 14.1. The molecule has 0 saturated carbocycles. The van der Waals surface area contributed by atoms with Gasteiger partial charge in [-0.2, -0.15) is 0 Å². The molecule has 0 radical (unpaired) electrons. The first-order chi connectivity index (χ1) is 9.65. The van der Waals surface area contributed by atoms with Gasteiger partial charge in [0.05, 0.1) is 18.6 Å². The van der Waals surface area contributed by atoms with Gasteiger partial charge in [0.25, 0.3) is 0 Å². The molecule has 1 saturated heterocycles. The fourth-order valence-electron chi connectivity index (χ4n) is 3.17. The van der Waals surface area contributed by atoms with Crippen LogP contribution in [0.25, 0.3) is 0 Å². The Labute approximate surface area is 129 Å². The van der Waals surface area contributed by atoms with Crippen LogP contribution in [0.5, 0.6) is 0 Å². The van der Waals surface area contributed by atoms with Crippen molar-refractivity contribution in [1.29, 1.82) is 0 Å². The van der Waals surface area contributed by atoms with Crippen molar-refractivity contribution in [3.63, 3.8) is 0 Å². The summed E-state index contributed by atoms with van der Waals surface area (Å²) in [5.41, 5.74) is 1.28. The second-order valence-corrected chi connectivity index (χ2v) is 6.89. The van der Waals surface area contributed by atoms with E-state index in [1.165, 1.54) is 18.4 Å². The molecule has 108 valence electrons. The molecule has 1 N–H and O–H groups in total. The molecular weight excluding hydrogens is 314 g/mol. The molecule has 2 aliphatic rings. The monoisotopic (exact) mass is 335 g/mol. The van der Waals surface area contributed by atoms with Gasteiger partial charge in [-0.25, -0.2) is 0 Å². The molecule has 20 heavy (non-hydrogen) atoms. The minimum atomic E-state index is 0.264. The van der Waals surface area contributed by atoms with Crippen LogP contribution in [-0.2, 0) is 0 Å². The quantitative estimate of drug-likeness (QED) is 0.894. The highest BCUT2D eigenvalue weighted by molar-refractivity contribution is 9.10. The third-order valence-electron chi connectivity index (χ3n) is 4.38. The molecule has 1 aromatic rings. The summed E-state index contributed by atoms with van der Waals surface area (Å²) in [5.74, 6) is 1.86. The normalized spacial score (nSPS) is 26.9. The summed E-state index contributed by atoms with van der Waals surface area (Å²) in [6.07, 6.45) is 2.61. The van der Waals surface area contributed by atoms with Gasteiger partial charge >= 0.3 is 0 Å². The first-order valence-corrected chi connectivity index (χ1v) is 8.26. The van der Waals surface area contributed by atoms with Crippen molar-refractivity contribution in [3.8, 4) is 0 Å². The van der Waals surface area contributed by atoms with Gasteiger partial charge in [-0.05, 0) is 37.3 Å². The maximum absolute atomic E-state index is 4.73. The average Bonchev–Trinajstić information content (AvgIpc) is 2.82. The standard InChI is InChI=1S/C16H22BrN3/c1-11-7-8-13-9-18-16(20(13)10-11)19-12(2)14-5-3-4-6-15(14)17/h3-6,11-13H,7-10H2,1-2H3,(H,18,19). The fraction of sp³-hybridized carbons (Fsp3) is 0.562. The van der Waals surface area contributed by atoms with Crippen LogP contribution < -0.4 is 5.32 Å². The SMILES string of the molecule is CC1CCC2CN=C(NC(C)c3ccccc3Br)N2C1. The van der Waals surface area contributed by atoms with E-state index < -0.39 is 0 Å². The van der Waals surface area contributed by atoms with Crippen LogP contribution in [0.4, 0.5) is 0 Å². The van der Waals surface area contributed by atoms with Crippen molar-refractivity contribution >= 4 is 21.9 Å². The Hall–Kier alpha value is -1.03. The fourth-order valence-corrected chi connectivity index (χ4v) is 3.80. The largest absolute Gasteiger partial charge is 0.350 e. The number of hydrogen-bond donors (Lipinski definition) is 1. The third-order valence-corrected chi connectivity index (χ3v) is 5.11. The van der Waals surface area contributed by atoms with Crippen LogP contribution in [0.3, 0.4) is 0 Å². The minimum absolute atomic E-state index is 0.264. The number of guanidine groups is 1. The van der Waals surface area contributed by atoms with Gasteiger partial charge in [0.1, 0.15) is 0 Å². The van der Waals surface area contributed by atoms with Gasteiger partial charge in [0, 0.05) is 11.0 Å². The highest BCUT2D eigenvalue weighted by atomic mass is 79.9. The molecule has 0 aromatic heterocycles. The number of halogens is 1. The Morgan fingerprint density at radius 2 is 2.15 bits per heavy atom.